The third kappa shape index (κ3) is 2.60. The summed E-state index contributed by atoms with van der Waals surface area (Å²) >= 11 is 0. The average Bonchev–Trinajstić information content (AvgIpc) is 1.65. The molecule has 0 aliphatic heterocycles. The number of carboxylic acid groups (broad SMARTS) is 1. The number of carbonyl (C=O) groups is 1. The second-order valence-electron chi connectivity index (χ2n) is 1.23. The van der Waals surface area contributed by atoms with Crippen LogP contribution in [0.25, 0.3) is 0 Å². The fourth-order valence-electron chi connectivity index (χ4n) is 0.0933. The van der Waals surface area contributed by atoms with Crippen molar-refractivity contribution >= 4 is 5.97 Å². The molecule has 0 radical (unpaired) electrons. The van der Waals surface area contributed by atoms with Gasteiger partial charge < -0.3 is 5.11 Å². The van der Waals surface area contributed by atoms with E-state index in [1.807, 2.05) is 0 Å². The van der Waals surface area contributed by atoms with Crippen molar-refractivity contribution in [3.63, 3.8) is 0 Å². The number of carboxylic acids is 1. The van der Waals surface area contributed by atoms with Crippen molar-refractivity contribution in [3.05, 3.63) is 0 Å². The van der Waals surface area contributed by atoms with Crippen LogP contribution in [0.1, 0.15) is 0 Å². The Morgan fingerprint density at radius 1 is 1.40 bits per heavy atom. The molecule has 0 bridgehead atoms. The third-order valence-corrected chi connectivity index (χ3v) is 0.559. The Labute approximate surface area is 66.0 Å². The Bertz CT molecular complexity index is 126. The summed E-state index contributed by atoms with van der Waals surface area (Å²) in [6, 6.07) is 0. The topological polar surface area (TPSA) is 37.3 Å². The number of alkyl halides is 4. The van der Waals surface area contributed by atoms with Crippen molar-refractivity contribution < 1.29 is 46.9 Å². The van der Waals surface area contributed by atoms with Gasteiger partial charge in [-0.15, -0.1) is 0 Å². The molecule has 10 heavy (non-hydrogen) atoms. The van der Waals surface area contributed by atoms with Gasteiger partial charge in [-0.25, -0.2) is 13.6 Å². The maximum atomic E-state index is 11.3. The third-order valence-electron chi connectivity index (χ3n) is 0.559. The summed E-state index contributed by atoms with van der Waals surface area (Å²) in [5.74, 6) is -7.72. The predicted octanol–water partition coefficient (Wildman–Crippen LogP) is 0.969. The minimum Gasteiger partial charge on any atom is -0.477 e. The zero-order chi connectivity index (χ0) is 7.65. The summed E-state index contributed by atoms with van der Waals surface area (Å²) < 4.78 is 44.5. The first-order valence-corrected chi connectivity index (χ1v) is 1.78. The normalized spacial score (nSPS) is 10.9. The van der Waals surface area contributed by atoms with Crippen molar-refractivity contribution in [1.82, 2.24) is 0 Å². The van der Waals surface area contributed by atoms with Crippen LogP contribution in [0, 0.1) is 0 Å². The Morgan fingerprint density at radius 3 is 1.70 bits per heavy atom. The molecule has 2 nitrogen and oxygen atoms in total. The minimum atomic E-state index is -4.92. The molecule has 0 aromatic carbocycles. The van der Waals surface area contributed by atoms with Gasteiger partial charge in [-0.05, 0) is 0 Å². The van der Waals surface area contributed by atoms with E-state index in [-0.39, 0.29) is 19.5 Å². The smallest absolute Gasteiger partial charge is 0.401 e. The largest absolute Gasteiger partial charge is 0.477 e. The molecule has 0 atom stereocenters. The summed E-state index contributed by atoms with van der Waals surface area (Å²) in [7, 11) is 0. The number of halogens is 4. The maximum Gasteiger partial charge on any atom is 0.401 e. The van der Waals surface area contributed by atoms with Crippen LogP contribution < -0.4 is 0 Å². The Balaban J connectivity index is 0. The van der Waals surface area contributed by atoms with Gasteiger partial charge in [0.2, 0.25) is 0 Å². The molecule has 1 N–H and O–H groups in total. The summed E-state index contributed by atoms with van der Waals surface area (Å²) in [6.45, 7) is 0. The van der Waals surface area contributed by atoms with E-state index < -0.39 is 18.3 Å². The molecule has 0 fully saturated rings. The summed E-state index contributed by atoms with van der Waals surface area (Å²) in [4.78, 5) is 9.23. The van der Waals surface area contributed by atoms with Crippen molar-refractivity contribution in [2.24, 2.45) is 0 Å². The van der Waals surface area contributed by atoms with Gasteiger partial charge in [0.25, 0.3) is 0 Å². The van der Waals surface area contributed by atoms with Gasteiger partial charge in [0.15, 0.2) is 0 Å². The Hall–Kier alpha value is -0.187. The van der Waals surface area contributed by atoms with Crippen molar-refractivity contribution in [2.45, 2.75) is 12.3 Å². The van der Waals surface area contributed by atoms with E-state index in [4.69, 9.17) is 5.11 Å². The zero-order valence-corrected chi connectivity index (χ0v) is 7.62. The first kappa shape index (κ1) is 12.5. The van der Waals surface area contributed by atoms with Crippen molar-refractivity contribution in [2.75, 3.05) is 0 Å². The van der Waals surface area contributed by atoms with Gasteiger partial charge in [0.1, 0.15) is 0 Å². The molecule has 0 rings (SSSR count). The molecule has 56 valence electrons. The van der Waals surface area contributed by atoms with E-state index in [1.54, 1.807) is 0 Å². The molecule has 0 spiro atoms. The Kier molecular flexibility index (Phi) is 4.81. The molecule has 7 heteroatoms. The number of rotatable bonds is 2. The number of hydrogen-bond donors (Lipinski definition) is 1. The van der Waals surface area contributed by atoms with Gasteiger partial charge in [0.05, 0.1) is 0 Å². The van der Waals surface area contributed by atoms with Crippen LogP contribution in [0.5, 0.6) is 0 Å². The van der Waals surface area contributed by atoms with Gasteiger partial charge >= 0.3 is 18.3 Å². The molecular formula is C3H2F4O2Zn. The second-order valence-corrected chi connectivity index (χ2v) is 1.23. The van der Waals surface area contributed by atoms with Crippen LogP contribution in [0.4, 0.5) is 17.6 Å². The van der Waals surface area contributed by atoms with Gasteiger partial charge in [-0.3, -0.25) is 0 Å². The minimum absolute atomic E-state index is 0. The van der Waals surface area contributed by atoms with Gasteiger partial charge in [-0.2, -0.15) is 8.78 Å². The van der Waals surface area contributed by atoms with Crippen molar-refractivity contribution in [3.8, 4) is 0 Å². The SMILES string of the molecule is O=C(O)C(F)(F)C(F)F.[Zn]. The molecule has 0 aromatic heterocycles. The van der Waals surface area contributed by atoms with Crippen molar-refractivity contribution in [1.29, 1.82) is 0 Å². The standard InChI is InChI=1S/C3H2F4O2.Zn/c4-1(5)3(6,7)2(8)9;/h1H,(H,8,9);. The van der Waals surface area contributed by atoms with Crippen LogP contribution in [-0.4, -0.2) is 23.4 Å². The fourth-order valence-corrected chi connectivity index (χ4v) is 0.0933. The van der Waals surface area contributed by atoms with Gasteiger partial charge in [-0.1, -0.05) is 0 Å². The molecule has 0 saturated heterocycles. The van der Waals surface area contributed by atoms with Gasteiger partial charge in [0, 0.05) is 19.5 Å². The first-order valence-electron chi connectivity index (χ1n) is 1.78. The first-order chi connectivity index (χ1) is 3.89. The molecule has 0 aliphatic rings. The second kappa shape index (κ2) is 3.86. The molecule has 0 amide bonds. The maximum absolute atomic E-state index is 11.3. The van der Waals surface area contributed by atoms with E-state index in [9.17, 15) is 22.4 Å². The Morgan fingerprint density at radius 2 is 1.70 bits per heavy atom. The molecule has 0 unspecified atom stereocenters. The monoisotopic (exact) mass is 210 g/mol. The molecular weight excluding hydrogens is 209 g/mol. The molecule has 0 aliphatic carbocycles. The molecule has 0 saturated carbocycles. The van der Waals surface area contributed by atoms with E-state index >= 15 is 0 Å². The molecule has 0 aromatic rings. The van der Waals surface area contributed by atoms with Crippen LogP contribution in [0.3, 0.4) is 0 Å². The summed E-state index contributed by atoms with van der Waals surface area (Å²) in [5, 5.41) is 7.38. The quantitative estimate of drug-likeness (QED) is 0.546. The predicted molar refractivity (Wildman–Crippen MR) is 18.6 cm³/mol. The van der Waals surface area contributed by atoms with E-state index in [0.29, 0.717) is 0 Å². The average molecular weight is 211 g/mol. The summed E-state index contributed by atoms with van der Waals surface area (Å²) in [5.41, 5.74) is 0. The van der Waals surface area contributed by atoms with E-state index in [2.05, 4.69) is 0 Å². The fraction of sp³-hybridized carbons (Fsp3) is 0.667. The van der Waals surface area contributed by atoms with E-state index in [1.165, 1.54) is 0 Å². The zero-order valence-electron chi connectivity index (χ0n) is 4.65. The van der Waals surface area contributed by atoms with Crippen LogP contribution in [-0.2, 0) is 24.3 Å². The van der Waals surface area contributed by atoms with Crippen LogP contribution in [0.2, 0.25) is 0 Å². The number of hydrogen-bond acceptors (Lipinski definition) is 1. The molecule has 0 heterocycles. The number of aliphatic carboxylic acids is 1. The van der Waals surface area contributed by atoms with E-state index in [0.717, 1.165) is 0 Å². The summed E-state index contributed by atoms with van der Waals surface area (Å²) in [6.07, 6.45) is -4.14. The van der Waals surface area contributed by atoms with Crippen LogP contribution in [0.15, 0.2) is 0 Å². The van der Waals surface area contributed by atoms with Crippen LogP contribution >= 0.6 is 0 Å².